The third-order valence-corrected chi connectivity index (χ3v) is 2.43. The van der Waals surface area contributed by atoms with E-state index in [1.54, 1.807) is 18.2 Å². The van der Waals surface area contributed by atoms with Crippen molar-refractivity contribution in [3.05, 3.63) is 52.9 Å². The number of rotatable bonds is 2. The monoisotopic (exact) mass is 265 g/mol. The molecule has 18 heavy (non-hydrogen) atoms. The fraction of sp³-hybridized carbons (Fsp3) is 0. The predicted octanol–water partition coefficient (Wildman–Crippen LogP) is 2.71. The number of carbonyl (C=O) groups excluding carboxylic acids is 1. The molecule has 1 aromatic carbocycles. The van der Waals surface area contributed by atoms with Gasteiger partial charge < -0.3 is 11.1 Å². The van der Waals surface area contributed by atoms with Crippen LogP contribution in [-0.4, -0.2) is 10.9 Å². The van der Waals surface area contributed by atoms with Crippen LogP contribution in [-0.2, 0) is 0 Å². The number of carbonyl (C=O) groups is 1. The first-order valence-corrected chi connectivity index (χ1v) is 5.43. The molecule has 0 saturated carbocycles. The van der Waals surface area contributed by atoms with Crippen LogP contribution in [0, 0.1) is 5.82 Å². The van der Waals surface area contributed by atoms with Gasteiger partial charge >= 0.3 is 0 Å². The van der Waals surface area contributed by atoms with E-state index in [2.05, 4.69) is 10.3 Å². The van der Waals surface area contributed by atoms with Gasteiger partial charge in [-0.25, -0.2) is 9.37 Å². The summed E-state index contributed by atoms with van der Waals surface area (Å²) in [7, 11) is 0. The maximum absolute atomic E-state index is 12.8. The van der Waals surface area contributed by atoms with Crippen LogP contribution >= 0.6 is 11.6 Å². The van der Waals surface area contributed by atoms with Gasteiger partial charge in [0.2, 0.25) is 0 Å². The van der Waals surface area contributed by atoms with E-state index in [1.165, 1.54) is 6.07 Å². The molecule has 1 heterocycles. The van der Waals surface area contributed by atoms with E-state index in [9.17, 15) is 9.18 Å². The first kappa shape index (κ1) is 12.3. The van der Waals surface area contributed by atoms with Crippen LogP contribution in [0.5, 0.6) is 0 Å². The fourth-order valence-electron chi connectivity index (χ4n) is 1.40. The largest absolute Gasteiger partial charge is 0.398 e. The molecule has 0 radical (unpaired) electrons. The maximum atomic E-state index is 12.8. The Balaban J connectivity index is 2.22. The van der Waals surface area contributed by atoms with Crippen molar-refractivity contribution >= 4 is 29.0 Å². The zero-order valence-electron chi connectivity index (χ0n) is 9.15. The Morgan fingerprint density at radius 2 is 2.11 bits per heavy atom. The Bertz CT molecular complexity index is 604. The Labute approximate surface area is 108 Å². The number of nitrogens with two attached hydrogens (primary N) is 1. The number of nitrogens with one attached hydrogen (secondary N) is 1. The summed E-state index contributed by atoms with van der Waals surface area (Å²) >= 11 is 5.69. The summed E-state index contributed by atoms with van der Waals surface area (Å²) in [6.07, 6.45) is 0. The molecule has 0 unspecified atom stereocenters. The van der Waals surface area contributed by atoms with Crippen molar-refractivity contribution in [2.24, 2.45) is 0 Å². The van der Waals surface area contributed by atoms with Crippen LogP contribution in [0.2, 0.25) is 5.15 Å². The van der Waals surface area contributed by atoms with E-state index < -0.39 is 11.7 Å². The lowest BCUT2D eigenvalue weighted by molar-refractivity contribution is 0.102. The highest BCUT2D eigenvalue weighted by Gasteiger charge is 2.11. The number of pyridine rings is 1. The Morgan fingerprint density at radius 3 is 2.78 bits per heavy atom. The fourth-order valence-corrected chi connectivity index (χ4v) is 1.57. The Kier molecular flexibility index (Phi) is 3.43. The second kappa shape index (κ2) is 5.01. The number of nitrogens with zero attached hydrogens (tertiary/aromatic N) is 1. The number of nitrogen functional groups attached to an aromatic ring is 1. The minimum absolute atomic E-state index is 0.0644. The number of aromatic nitrogens is 1. The molecule has 2 rings (SSSR count). The van der Waals surface area contributed by atoms with Crippen molar-refractivity contribution in [1.29, 1.82) is 0 Å². The molecule has 0 fully saturated rings. The molecule has 0 aliphatic carbocycles. The highest BCUT2D eigenvalue weighted by Crippen LogP contribution is 2.16. The standard InChI is InChI=1S/C12H9ClFN3O/c13-10-2-1-3-11(16-10)17-12(18)8-5-4-7(14)6-9(8)15/h1-6H,15H2,(H,16,17,18). The summed E-state index contributed by atoms with van der Waals surface area (Å²) in [6, 6.07) is 8.38. The molecular formula is C12H9ClFN3O. The van der Waals surface area contributed by atoms with E-state index in [-0.39, 0.29) is 16.4 Å². The molecule has 92 valence electrons. The summed E-state index contributed by atoms with van der Waals surface area (Å²) in [5.74, 6) is -0.663. The number of amides is 1. The maximum Gasteiger partial charge on any atom is 0.258 e. The lowest BCUT2D eigenvalue weighted by atomic mass is 10.1. The number of halogens is 2. The summed E-state index contributed by atoms with van der Waals surface area (Å²) < 4.78 is 12.8. The topological polar surface area (TPSA) is 68.0 Å². The van der Waals surface area contributed by atoms with Crippen LogP contribution in [0.15, 0.2) is 36.4 Å². The van der Waals surface area contributed by atoms with E-state index in [0.717, 1.165) is 12.1 Å². The molecule has 3 N–H and O–H groups in total. The quantitative estimate of drug-likeness (QED) is 0.648. The molecule has 0 atom stereocenters. The first-order chi connectivity index (χ1) is 8.56. The van der Waals surface area contributed by atoms with Crippen LogP contribution < -0.4 is 11.1 Å². The third-order valence-electron chi connectivity index (χ3n) is 2.21. The molecule has 6 heteroatoms. The molecule has 0 bridgehead atoms. The molecule has 0 saturated heterocycles. The van der Waals surface area contributed by atoms with E-state index in [0.29, 0.717) is 5.82 Å². The average Bonchev–Trinajstić information content (AvgIpc) is 2.28. The van der Waals surface area contributed by atoms with Gasteiger partial charge in [0.1, 0.15) is 16.8 Å². The molecular weight excluding hydrogens is 257 g/mol. The van der Waals surface area contributed by atoms with Crippen LogP contribution in [0.1, 0.15) is 10.4 Å². The van der Waals surface area contributed by atoms with Crippen LogP contribution in [0.4, 0.5) is 15.9 Å². The van der Waals surface area contributed by atoms with Gasteiger partial charge in [-0.1, -0.05) is 17.7 Å². The van der Waals surface area contributed by atoms with Gasteiger partial charge in [-0.2, -0.15) is 0 Å². The van der Waals surface area contributed by atoms with Crippen molar-refractivity contribution in [3.63, 3.8) is 0 Å². The van der Waals surface area contributed by atoms with Gasteiger partial charge in [0.15, 0.2) is 0 Å². The third kappa shape index (κ3) is 2.75. The normalized spacial score (nSPS) is 10.1. The minimum Gasteiger partial charge on any atom is -0.398 e. The Morgan fingerprint density at radius 1 is 1.33 bits per heavy atom. The number of hydrogen-bond donors (Lipinski definition) is 2. The molecule has 1 amide bonds. The highest BCUT2D eigenvalue weighted by molar-refractivity contribution is 6.29. The zero-order chi connectivity index (χ0) is 13.1. The lowest BCUT2D eigenvalue weighted by Gasteiger charge is -2.07. The second-order valence-corrected chi connectivity index (χ2v) is 3.92. The molecule has 0 spiro atoms. The van der Waals surface area contributed by atoms with Crippen molar-refractivity contribution in [2.75, 3.05) is 11.1 Å². The van der Waals surface area contributed by atoms with Gasteiger partial charge in [0.25, 0.3) is 5.91 Å². The summed E-state index contributed by atoms with van der Waals surface area (Å²) in [5.41, 5.74) is 5.80. The minimum atomic E-state index is -0.495. The number of hydrogen-bond acceptors (Lipinski definition) is 3. The second-order valence-electron chi connectivity index (χ2n) is 3.53. The van der Waals surface area contributed by atoms with E-state index >= 15 is 0 Å². The van der Waals surface area contributed by atoms with Crippen molar-refractivity contribution in [1.82, 2.24) is 4.98 Å². The van der Waals surface area contributed by atoms with Crippen LogP contribution in [0.25, 0.3) is 0 Å². The zero-order valence-corrected chi connectivity index (χ0v) is 9.91. The molecule has 2 aromatic rings. The molecule has 0 aliphatic rings. The predicted molar refractivity (Wildman–Crippen MR) is 68.0 cm³/mol. The first-order valence-electron chi connectivity index (χ1n) is 5.05. The average molecular weight is 266 g/mol. The smallest absolute Gasteiger partial charge is 0.258 e. The summed E-state index contributed by atoms with van der Waals surface area (Å²) in [6.45, 7) is 0. The van der Waals surface area contributed by atoms with Crippen molar-refractivity contribution < 1.29 is 9.18 Å². The van der Waals surface area contributed by atoms with Gasteiger partial charge in [-0.15, -0.1) is 0 Å². The van der Waals surface area contributed by atoms with Crippen LogP contribution in [0.3, 0.4) is 0 Å². The van der Waals surface area contributed by atoms with Gasteiger partial charge in [-0.05, 0) is 30.3 Å². The van der Waals surface area contributed by atoms with Crippen molar-refractivity contribution in [2.45, 2.75) is 0 Å². The molecule has 4 nitrogen and oxygen atoms in total. The van der Waals surface area contributed by atoms with E-state index in [4.69, 9.17) is 17.3 Å². The SMILES string of the molecule is Nc1cc(F)ccc1C(=O)Nc1cccc(Cl)n1. The number of benzene rings is 1. The molecule has 0 aliphatic heterocycles. The van der Waals surface area contributed by atoms with Gasteiger partial charge in [0.05, 0.1) is 5.56 Å². The lowest BCUT2D eigenvalue weighted by Crippen LogP contribution is -2.15. The van der Waals surface area contributed by atoms with Gasteiger partial charge in [-0.3, -0.25) is 4.79 Å². The highest BCUT2D eigenvalue weighted by atomic mass is 35.5. The summed E-state index contributed by atoms with van der Waals surface area (Å²) in [5, 5.41) is 2.79. The summed E-state index contributed by atoms with van der Waals surface area (Å²) in [4.78, 5) is 15.8. The van der Waals surface area contributed by atoms with Gasteiger partial charge in [0, 0.05) is 5.69 Å². The number of anilines is 2. The molecule has 1 aromatic heterocycles. The van der Waals surface area contributed by atoms with Crippen molar-refractivity contribution in [3.8, 4) is 0 Å². The van der Waals surface area contributed by atoms with E-state index in [1.807, 2.05) is 0 Å². The Hall–Kier alpha value is -2.14.